The molecule has 3 N–H and O–H groups in total. The van der Waals surface area contributed by atoms with E-state index in [1.54, 1.807) is 0 Å². The van der Waals surface area contributed by atoms with Crippen molar-refractivity contribution in [3.8, 4) is 0 Å². The summed E-state index contributed by atoms with van der Waals surface area (Å²) in [4.78, 5) is 12.7. The Morgan fingerprint density at radius 3 is 3.09 bits per heavy atom. The van der Waals surface area contributed by atoms with Gasteiger partial charge >= 0.3 is 0 Å². The summed E-state index contributed by atoms with van der Waals surface area (Å²) in [5, 5.41) is 3.24. The summed E-state index contributed by atoms with van der Waals surface area (Å²) < 4.78 is 0. The molecule has 64 valence electrons. The molecule has 0 aliphatic carbocycles. The molecule has 4 heteroatoms. The van der Waals surface area contributed by atoms with Gasteiger partial charge in [-0.1, -0.05) is 0 Å². The van der Waals surface area contributed by atoms with Crippen LogP contribution in [0.25, 0.3) is 0 Å². The van der Waals surface area contributed by atoms with Crippen LogP contribution in [-0.2, 0) is 4.79 Å². The van der Waals surface area contributed by atoms with Crippen molar-refractivity contribution in [3.05, 3.63) is 0 Å². The smallest absolute Gasteiger partial charge is 0.231 e. The van der Waals surface area contributed by atoms with Gasteiger partial charge in [-0.15, -0.1) is 0 Å². The van der Waals surface area contributed by atoms with Gasteiger partial charge in [0.1, 0.15) is 0 Å². The first-order chi connectivity index (χ1) is 5.20. The number of amides is 1. The number of piperazine rings is 1. The highest BCUT2D eigenvalue weighted by Gasteiger charge is 2.18. The topological polar surface area (TPSA) is 58.4 Å². The predicted molar refractivity (Wildman–Crippen MR) is 43.1 cm³/mol. The van der Waals surface area contributed by atoms with Crippen LogP contribution in [0.15, 0.2) is 0 Å². The maximum atomic E-state index is 10.6. The molecule has 1 aliphatic rings. The van der Waals surface area contributed by atoms with Crippen LogP contribution in [0.5, 0.6) is 0 Å². The minimum Gasteiger partial charge on any atom is -0.369 e. The number of nitrogens with two attached hydrogens (primary N) is 1. The summed E-state index contributed by atoms with van der Waals surface area (Å²) in [6.45, 7) is 5.31. The van der Waals surface area contributed by atoms with E-state index >= 15 is 0 Å². The molecule has 0 bridgehead atoms. The van der Waals surface area contributed by atoms with E-state index in [0.717, 1.165) is 19.6 Å². The van der Waals surface area contributed by atoms with Crippen molar-refractivity contribution < 1.29 is 4.79 Å². The number of primary amides is 1. The Morgan fingerprint density at radius 1 is 1.82 bits per heavy atom. The second-order valence-corrected chi connectivity index (χ2v) is 2.99. The Labute approximate surface area is 66.7 Å². The van der Waals surface area contributed by atoms with Crippen LogP contribution in [0.4, 0.5) is 0 Å². The van der Waals surface area contributed by atoms with E-state index in [2.05, 4.69) is 17.1 Å². The number of hydrogen-bond acceptors (Lipinski definition) is 3. The zero-order valence-electron chi connectivity index (χ0n) is 6.84. The Hall–Kier alpha value is -0.610. The number of carbonyl (C=O) groups is 1. The van der Waals surface area contributed by atoms with Crippen LogP contribution in [0.3, 0.4) is 0 Å². The van der Waals surface area contributed by atoms with Gasteiger partial charge in [-0.05, 0) is 6.92 Å². The summed E-state index contributed by atoms with van der Waals surface area (Å²) in [5.74, 6) is -0.237. The standard InChI is InChI=1S/C7H15N3O/c1-6-4-9-2-3-10(6)5-7(8)11/h6,9H,2-5H2,1H3,(H2,8,11)/t6-/m0/s1. The lowest BCUT2D eigenvalue weighted by Gasteiger charge is -2.32. The first-order valence-corrected chi connectivity index (χ1v) is 3.93. The monoisotopic (exact) mass is 157 g/mol. The molecule has 0 unspecified atom stereocenters. The lowest BCUT2D eigenvalue weighted by molar-refractivity contribution is -0.119. The van der Waals surface area contributed by atoms with E-state index in [-0.39, 0.29) is 5.91 Å². The Bertz CT molecular complexity index is 149. The van der Waals surface area contributed by atoms with E-state index in [1.165, 1.54) is 0 Å². The molecule has 1 fully saturated rings. The van der Waals surface area contributed by atoms with Crippen molar-refractivity contribution >= 4 is 5.91 Å². The van der Waals surface area contributed by atoms with E-state index in [9.17, 15) is 4.79 Å². The van der Waals surface area contributed by atoms with Gasteiger partial charge in [0, 0.05) is 25.7 Å². The Kier molecular flexibility index (Phi) is 2.84. The van der Waals surface area contributed by atoms with Crippen LogP contribution in [0, 0.1) is 0 Å². The summed E-state index contributed by atoms with van der Waals surface area (Å²) in [6, 6.07) is 0.427. The quantitative estimate of drug-likeness (QED) is 0.527. The molecule has 1 heterocycles. The lowest BCUT2D eigenvalue weighted by atomic mass is 10.2. The van der Waals surface area contributed by atoms with Gasteiger partial charge in [-0.25, -0.2) is 0 Å². The third kappa shape index (κ3) is 2.48. The third-order valence-electron chi connectivity index (χ3n) is 2.00. The van der Waals surface area contributed by atoms with Crippen LogP contribution in [0.2, 0.25) is 0 Å². The largest absolute Gasteiger partial charge is 0.369 e. The molecule has 0 aromatic carbocycles. The maximum absolute atomic E-state index is 10.6. The fourth-order valence-corrected chi connectivity index (χ4v) is 1.32. The van der Waals surface area contributed by atoms with Crippen LogP contribution in [0.1, 0.15) is 6.92 Å². The molecule has 1 aliphatic heterocycles. The summed E-state index contributed by atoms with van der Waals surface area (Å²) in [5.41, 5.74) is 5.08. The molecular weight excluding hydrogens is 142 g/mol. The minimum atomic E-state index is -0.237. The van der Waals surface area contributed by atoms with Crippen molar-refractivity contribution in [2.24, 2.45) is 5.73 Å². The predicted octanol–water partition coefficient (Wildman–Crippen LogP) is -1.23. The Balaban J connectivity index is 2.35. The van der Waals surface area contributed by atoms with Crippen molar-refractivity contribution in [2.45, 2.75) is 13.0 Å². The maximum Gasteiger partial charge on any atom is 0.231 e. The lowest BCUT2D eigenvalue weighted by Crippen LogP contribution is -2.52. The second-order valence-electron chi connectivity index (χ2n) is 2.99. The van der Waals surface area contributed by atoms with E-state index in [0.29, 0.717) is 12.6 Å². The van der Waals surface area contributed by atoms with Gasteiger partial charge in [-0.3, -0.25) is 9.69 Å². The van der Waals surface area contributed by atoms with Crippen molar-refractivity contribution in [3.63, 3.8) is 0 Å². The fourth-order valence-electron chi connectivity index (χ4n) is 1.32. The number of nitrogens with zero attached hydrogens (tertiary/aromatic N) is 1. The molecule has 4 nitrogen and oxygen atoms in total. The summed E-state index contributed by atoms with van der Waals surface area (Å²) >= 11 is 0. The SMILES string of the molecule is C[C@H]1CNCCN1CC(N)=O. The van der Waals surface area contributed by atoms with Gasteiger partial charge in [0.25, 0.3) is 0 Å². The number of rotatable bonds is 2. The zero-order valence-corrected chi connectivity index (χ0v) is 6.84. The first kappa shape index (κ1) is 8.49. The molecule has 0 aromatic heterocycles. The highest BCUT2D eigenvalue weighted by molar-refractivity contribution is 5.75. The normalized spacial score (nSPS) is 26.8. The molecular formula is C7H15N3O. The molecule has 11 heavy (non-hydrogen) atoms. The highest BCUT2D eigenvalue weighted by atomic mass is 16.1. The van der Waals surface area contributed by atoms with Gasteiger partial charge in [0.15, 0.2) is 0 Å². The fraction of sp³-hybridized carbons (Fsp3) is 0.857. The summed E-state index contributed by atoms with van der Waals surface area (Å²) in [7, 11) is 0. The van der Waals surface area contributed by atoms with Crippen LogP contribution < -0.4 is 11.1 Å². The van der Waals surface area contributed by atoms with Gasteiger partial charge in [0.2, 0.25) is 5.91 Å². The van der Waals surface area contributed by atoms with Gasteiger partial charge < -0.3 is 11.1 Å². The van der Waals surface area contributed by atoms with Crippen molar-refractivity contribution in [2.75, 3.05) is 26.2 Å². The van der Waals surface area contributed by atoms with E-state index in [1.807, 2.05) is 0 Å². The van der Waals surface area contributed by atoms with E-state index < -0.39 is 0 Å². The minimum absolute atomic E-state index is 0.237. The molecule has 0 saturated carbocycles. The number of carbonyl (C=O) groups excluding carboxylic acids is 1. The second kappa shape index (κ2) is 3.69. The number of nitrogens with one attached hydrogen (secondary N) is 1. The van der Waals surface area contributed by atoms with Crippen molar-refractivity contribution in [1.82, 2.24) is 10.2 Å². The molecule has 1 amide bonds. The Morgan fingerprint density at radius 2 is 2.55 bits per heavy atom. The molecule has 0 spiro atoms. The summed E-state index contributed by atoms with van der Waals surface area (Å²) in [6.07, 6.45) is 0. The van der Waals surface area contributed by atoms with Gasteiger partial charge in [0.05, 0.1) is 6.54 Å². The van der Waals surface area contributed by atoms with E-state index in [4.69, 9.17) is 5.73 Å². The molecule has 0 radical (unpaired) electrons. The van der Waals surface area contributed by atoms with Crippen molar-refractivity contribution in [1.29, 1.82) is 0 Å². The van der Waals surface area contributed by atoms with Crippen LogP contribution in [-0.4, -0.2) is 43.0 Å². The van der Waals surface area contributed by atoms with Gasteiger partial charge in [-0.2, -0.15) is 0 Å². The molecule has 1 rings (SSSR count). The average molecular weight is 157 g/mol. The van der Waals surface area contributed by atoms with Crippen LogP contribution >= 0.6 is 0 Å². The molecule has 0 aromatic rings. The molecule has 1 saturated heterocycles. The third-order valence-corrected chi connectivity index (χ3v) is 2.00. The molecule has 1 atom stereocenters. The number of hydrogen-bond donors (Lipinski definition) is 2. The zero-order chi connectivity index (χ0) is 8.27. The average Bonchev–Trinajstić information content (AvgIpc) is 1.93. The first-order valence-electron chi connectivity index (χ1n) is 3.93. The highest BCUT2D eigenvalue weighted by Crippen LogP contribution is 2.00.